The lowest BCUT2D eigenvalue weighted by molar-refractivity contribution is 0.0753. The topological polar surface area (TPSA) is 133 Å². The average molecular weight is 339 g/mol. The highest BCUT2D eigenvalue weighted by atomic mass is 16.6. The number of nitriles is 1. The number of nitrogens with zero attached hydrogens (tertiary/aromatic N) is 4. The predicted octanol–water partition coefficient (Wildman–Crippen LogP) is 1.20. The van der Waals surface area contributed by atoms with E-state index in [0.717, 1.165) is 11.1 Å². The van der Waals surface area contributed by atoms with Crippen LogP contribution in [0.3, 0.4) is 0 Å². The van der Waals surface area contributed by atoms with E-state index < -0.39 is 6.09 Å². The maximum absolute atomic E-state index is 11.0. The molecule has 1 aromatic heterocycles. The fourth-order valence-electron chi connectivity index (χ4n) is 2.36. The number of hydrogen-bond acceptors (Lipinski definition) is 8. The minimum Gasteiger partial charge on any atom is -0.393 e. The molecule has 25 heavy (non-hydrogen) atoms. The number of aromatic nitrogens is 2. The second kappa shape index (κ2) is 6.94. The standard InChI is InChI=1S/C16H13N5O4/c1-23-6-7-24-21-13-10-5-3-2-4-9(10)12-14(13)19-11(8-17)15(20-12)25-16(18)22/h2-5H,6-7H2,1H3,(H2,18,22). The fraction of sp³-hybridized carbons (Fsp3) is 0.188. The summed E-state index contributed by atoms with van der Waals surface area (Å²) in [6.45, 7) is 0.644. The zero-order chi connectivity index (χ0) is 17.8. The number of nitrogens with two attached hydrogens (primary N) is 1. The van der Waals surface area contributed by atoms with E-state index in [2.05, 4.69) is 15.1 Å². The van der Waals surface area contributed by atoms with Gasteiger partial charge in [0, 0.05) is 18.2 Å². The first kappa shape index (κ1) is 16.4. The van der Waals surface area contributed by atoms with Crippen LogP contribution in [0.5, 0.6) is 5.88 Å². The van der Waals surface area contributed by atoms with E-state index in [1.807, 2.05) is 30.3 Å². The summed E-state index contributed by atoms with van der Waals surface area (Å²) in [6, 6.07) is 9.14. The number of amides is 1. The van der Waals surface area contributed by atoms with Crippen LogP contribution in [-0.4, -0.2) is 42.1 Å². The number of ether oxygens (including phenoxy) is 2. The van der Waals surface area contributed by atoms with Crippen molar-refractivity contribution in [1.82, 2.24) is 9.97 Å². The van der Waals surface area contributed by atoms with Crippen LogP contribution in [0.25, 0.3) is 11.3 Å². The lowest BCUT2D eigenvalue weighted by Crippen LogP contribution is -2.18. The Labute approximate surface area is 142 Å². The fourth-order valence-corrected chi connectivity index (χ4v) is 2.36. The number of fused-ring (bicyclic) bond motifs is 3. The van der Waals surface area contributed by atoms with E-state index >= 15 is 0 Å². The Hall–Kier alpha value is -3.51. The Bertz CT molecular complexity index is 904. The van der Waals surface area contributed by atoms with Gasteiger partial charge in [-0.3, -0.25) is 0 Å². The molecule has 126 valence electrons. The molecule has 2 N–H and O–H groups in total. The monoisotopic (exact) mass is 339 g/mol. The van der Waals surface area contributed by atoms with E-state index in [0.29, 0.717) is 23.7 Å². The second-order valence-corrected chi connectivity index (χ2v) is 4.92. The van der Waals surface area contributed by atoms with Crippen LogP contribution in [-0.2, 0) is 9.57 Å². The Morgan fingerprint density at radius 1 is 1.24 bits per heavy atom. The van der Waals surface area contributed by atoms with Crippen molar-refractivity contribution in [3.63, 3.8) is 0 Å². The van der Waals surface area contributed by atoms with E-state index in [-0.39, 0.29) is 18.2 Å². The van der Waals surface area contributed by atoms with E-state index in [1.54, 1.807) is 7.11 Å². The molecule has 1 heterocycles. The molecule has 2 aromatic rings. The first-order valence-corrected chi connectivity index (χ1v) is 7.24. The highest BCUT2D eigenvalue weighted by Gasteiger charge is 2.31. The van der Waals surface area contributed by atoms with Gasteiger partial charge in [-0.05, 0) is 0 Å². The highest BCUT2D eigenvalue weighted by Crippen LogP contribution is 2.36. The lowest BCUT2D eigenvalue weighted by Gasteiger charge is -2.05. The zero-order valence-corrected chi connectivity index (χ0v) is 13.2. The largest absolute Gasteiger partial charge is 0.411 e. The highest BCUT2D eigenvalue weighted by molar-refractivity contribution is 6.22. The number of methoxy groups -OCH3 is 1. The van der Waals surface area contributed by atoms with Gasteiger partial charge in [0.15, 0.2) is 0 Å². The van der Waals surface area contributed by atoms with Crippen molar-refractivity contribution < 1.29 is 19.1 Å². The number of hydrogen-bond donors (Lipinski definition) is 1. The van der Waals surface area contributed by atoms with Gasteiger partial charge < -0.3 is 20.0 Å². The van der Waals surface area contributed by atoms with Crippen molar-refractivity contribution in [2.75, 3.05) is 20.3 Å². The normalized spacial score (nSPS) is 13.0. The van der Waals surface area contributed by atoms with Crippen LogP contribution in [0.2, 0.25) is 0 Å². The number of oxime groups is 1. The molecule has 0 atom stereocenters. The summed E-state index contributed by atoms with van der Waals surface area (Å²) in [4.78, 5) is 24.7. The Morgan fingerprint density at radius 2 is 2.00 bits per heavy atom. The number of carbonyl (C=O) groups excluding carboxylic acids is 1. The number of carbonyl (C=O) groups is 1. The lowest BCUT2D eigenvalue weighted by atomic mass is 10.1. The van der Waals surface area contributed by atoms with Crippen LogP contribution in [0.1, 0.15) is 17.0 Å². The van der Waals surface area contributed by atoms with Crippen LogP contribution in [0.4, 0.5) is 4.79 Å². The van der Waals surface area contributed by atoms with Gasteiger partial charge in [0.25, 0.3) is 5.88 Å². The third kappa shape index (κ3) is 3.11. The van der Waals surface area contributed by atoms with E-state index in [4.69, 9.17) is 20.0 Å². The van der Waals surface area contributed by atoms with Crippen molar-refractivity contribution in [3.8, 4) is 23.2 Å². The van der Waals surface area contributed by atoms with E-state index in [9.17, 15) is 10.1 Å². The van der Waals surface area contributed by atoms with Gasteiger partial charge in [-0.2, -0.15) is 5.26 Å². The molecule has 1 aliphatic rings. The molecule has 0 fully saturated rings. The number of rotatable bonds is 5. The molecule has 0 spiro atoms. The molecule has 0 saturated heterocycles. The minimum absolute atomic E-state index is 0.171. The molecule has 1 aliphatic carbocycles. The van der Waals surface area contributed by atoms with Gasteiger partial charge in [0.05, 0.1) is 6.61 Å². The van der Waals surface area contributed by atoms with Gasteiger partial charge in [0.2, 0.25) is 5.69 Å². The van der Waals surface area contributed by atoms with Crippen LogP contribution in [0, 0.1) is 11.3 Å². The molecule has 0 radical (unpaired) electrons. The summed E-state index contributed by atoms with van der Waals surface area (Å²) in [5.74, 6) is -0.245. The zero-order valence-electron chi connectivity index (χ0n) is 13.2. The van der Waals surface area contributed by atoms with E-state index in [1.165, 1.54) is 0 Å². The Morgan fingerprint density at radius 3 is 2.68 bits per heavy atom. The Balaban J connectivity index is 2.11. The van der Waals surface area contributed by atoms with Crippen molar-refractivity contribution in [3.05, 3.63) is 41.2 Å². The smallest absolute Gasteiger partial charge is 0.393 e. The minimum atomic E-state index is -1.08. The third-order valence-corrected chi connectivity index (χ3v) is 3.36. The number of primary amides is 1. The van der Waals surface area contributed by atoms with Gasteiger partial charge in [0.1, 0.15) is 29.8 Å². The van der Waals surface area contributed by atoms with Crippen LogP contribution >= 0.6 is 0 Å². The summed E-state index contributed by atoms with van der Waals surface area (Å²) in [5, 5.41) is 13.3. The summed E-state index contributed by atoms with van der Waals surface area (Å²) >= 11 is 0. The van der Waals surface area contributed by atoms with Crippen LogP contribution in [0.15, 0.2) is 29.4 Å². The van der Waals surface area contributed by atoms with Crippen LogP contribution < -0.4 is 10.5 Å². The summed E-state index contributed by atoms with van der Waals surface area (Å²) in [6.07, 6.45) is -1.08. The van der Waals surface area contributed by atoms with Gasteiger partial charge in [-0.1, -0.05) is 29.4 Å². The quantitative estimate of drug-likeness (QED) is 0.545. The van der Waals surface area contributed by atoms with Crippen molar-refractivity contribution >= 4 is 11.8 Å². The Kier molecular flexibility index (Phi) is 4.54. The molecule has 0 bridgehead atoms. The molecule has 0 aliphatic heterocycles. The molecular weight excluding hydrogens is 326 g/mol. The first-order chi connectivity index (χ1) is 12.2. The maximum atomic E-state index is 11.0. The maximum Gasteiger partial charge on any atom is 0.411 e. The molecule has 1 amide bonds. The van der Waals surface area contributed by atoms with Gasteiger partial charge in [-0.15, -0.1) is 0 Å². The summed E-state index contributed by atoms with van der Waals surface area (Å²) in [7, 11) is 1.56. The van der Waals surface area contributed by atoms with Crippen molar-refractivity contribution in [1.29, 1.82) is 5.26 Å². The van der Waals surface area contributed by atoms with Gasteiger partial charge >= 0.3 is 6.09 Å². The average Bonchev–Trinajstić information content (AvgIpc) is 2.91. The third-order valence-electron chi connectivity index (χ3n) is 3.36. The number of benzene rings is 1. The summed E-state index contributed by atoms with van der Waals surface area (Å²) < 4.78 is 9.69. The van der Waals surface area contributed by atoms with Gasteiger partial charge in [-0.25, -0.2) is 14.8 Å². The molecule has 9 heteroatoms. The molecule has 0 saturated carbocycles. The molecular formula is C16H13N5O4. The predicted molar refractivity (Wildman–Crippen MR) is 85.9 cm³/mol. The molecule has 3 rings (SSSR count). The second-order valence-electron chi connectivity index (χ2n) is 4.92. The molecule has 1 aromatic carbocycles. The van der Waals surface area contributed by atoms with Crippen molar-refractivity contribution in [2.45, 2.75) is 0 Å². The molecule has 9 nitrogen and oxygen atoms in total. The summed E-state index contributed by atoms with van der Waals surface area (Å²) in [5.41, 5.74) is 7.56. The van der Waals surface area contributed by atoms with Crippen molar-refractivity contribution in [2.24, 2.45) is 10.9 Å². The SMILES string of the molecule is COCCON=C1c2ccccc2-c2nc(OC(N)=O)c(C#N)nc21. The molecule has 0 unspecified atom stereocenters. The first-order valence-electron chi connectivity index (χ1n) is 7.24.